The van der Waals surface area contributed by atoms with Crippen LogP contribution in [0.25, 0.3) is 0 Å². The van der Waals surface area contributed by atoms with Crippen molar-refractivity contribution >= 4 is 11.9 Å². The van der Waals surface area contributed by atoms with Crippen LogP contribution in [0.3, 0.4) is 0 Å². The summed E-state index contributed by atoms with van der Waals surface area (Å²) in [5.74, 6) is -1.94. The van der Waals surface area contributed by atoms with Gasteiger partial charge in [0.25, 0.3) is 0 Å². The SMILES string of the molecule is CC1(C)OCC(COC(=O)CCCC(=O)O)O1. The Balaban J connectivity index is 2.10. The summed E-state index contributed by atoms with van der Waals surface area (Å²) < 4.78 is 15.7. The molecule has 1 heterocycles. The minimum atomic E-state index is -0.910. The monoisotopic (exact) mass is 246 g/mol. The molecule has 1 unspecified atom stereocenters. The number of carboxylic acid groups (broad SMARTS) is 1. The fraction of sp³-hybridized carbons (Fsp3) is 0.818. The highest BCUT2D eigenvalue weighted by molar-refractivity contribution is 5.71. The van der Waals surface area contributed by atoms with E-state index in [1.807, 2.05) is 0 Å². The van der Waals surface area contributed by atoms with E-state index in [2.05, 4.69) is 0 Å². The predicted octanol–water partition coefficient (Wildman–Crippen LogP) is 0.936. The molecular formula is C11H18O6. The van der Waals surface area contributed by atoms with Gasteiger partial charge in [-0.1, -0.05) is 0 Å². The number of hydrogen-bond donors (Lipinski definition) is 1. The Morgan fingerprint density at radius 2 is 2.12 bits per heavy atom. The molecule has 1 N–H and O–H groups in total. The average molecular weight is 246 g/mol. The largest absolute Gasteiger partial charge is 0.481 e. The molecule has 6 heteroatoms. The zero-order valence-corrected chi connectivity index (χ0v) is 10.1. The van der Waals surface area contributed by atoms with Crippen LogP contribution in [0.5, 0.6) is 0 Å². The van der Waals surface area contributed by atoms with Crippen LogP contribution in [0.4, 0.5) is 0 Å². The quantitative estimate of drug-likeness (QED) is 0.702. The Labute approximate surface area is 99.8 Å². The van der Waals surface area contributed by atoms with E-state index in [9.17, 15) is 9.59 Å². The normalized spacial score (nSPS) is 22.4. The van der Waals surface area contributed by atoms with E-state index < -0.39 is 17.7 Å². The van der Waals surface area contributed by atoms with Crippen LogP contribution in [0.1, 0.15) is 33.1 Å². The first kappa shape index (κ1) is 13.9. The third-order valence-electron chi connectivity index (χ3n) is 2.27. The van der Waals surface area contributed by atoms with Gasteiger partial charge in [0.15, 0.2) is 5.79 Å². The van der Waals surface area contributed by atoms with Gasteiger partial charge in [0, 0.05) is 12.8 Å². The van der Waals surface area contributed by atoms with Crippen LogP contribution < -0.4 is 0 Å². The smallest absolute Gasteiger partial charge is 0.305 e. The maximum Gasteiger partial charge on any atom is 0.305 e. The number of esters is 1. The number of carbonyl (C=O) groups is 2. The van der Waals surface area contributed by atoms with Crippen molar-refractivity contribution < 1.29 is 28.9 Å². The maximum atomic E-state index is 11.2. The lowest BCUT2D eigenvalue weighted by molar-refractivity contribution is -0.158. The lowest BCUT2D eigenvalue weighted by Gasteiger charge is -2.16. The average Bonchev–Trinajstić information content (AvgIpc) is 2.55. The molecule has 0 radical (unpaired) electrons. The van der Waals surface area contributed by atoms with Crippen molar-refractivity contribution in [2.75, 3.05) is 13.2 Å². The number of hydrogen-bond acceptors (Lipinski definition) is 5. The summed E-state index contributed by atoms with van der Waals surface area (Å²) in [5.41, 5.74) is 0. The van der Waals surface area contributed by atoms with Gasteiger partial charge in [-0.2, -0.15) is 0 Å². The second kappa shape index (κ2) is 5.97. The number of aliphatic carboxylic acids is 1. The van der Waals surface area contributed by atoms with Crippen molar-refractivity contribution in [3.05, 3.63) is 0 Å². The topological polar surface area (TPSA) is 82.1 Å². The molecule has 0 bridgehead atoms. The molecule has 1 fully saturated rings. The van der Waals surface area contributed by atoms with Crippen LogP contribution in [-0.4, -0.2) is 42.1 Å². The minimum Gasteiger partial charge on any atom is -0.481 e. The molecule has 0 aliphatic carbocycles. The summed E-state index contributed by atoms with van der Waals surface area (Å²) in [5, 5.41) is 8.40. The van der Waals surface area contributed by atoms with Crippen molar-refractivity contribution in [3.8, 4) is 0 Å². The summed E-state index contributed by atoms with van der Waals surface area (Å²) in [4.78, 5) is 21.5. The van der Waals surface area contributed by atoms with E-state index in [1.165, 1.54) is 0 Å². The van der Waals surface area contributed by atoms with Crippen molar-refractivity contribution in [1.29, 1.82) is 0 Å². The van der Waals surface area contributed by atoms with Gasteiger partial charge in [0.2, 0.25) is 0 Å². The zero-order valence-electron chi connectivity index (χ0n) is 10.1. The standard InChI is InChI=1S/C11H18O6/c1-11(2)16-7-8(17-11)6-15-10(14)5-3-4-9(12)13/h8H,3-7H2,1-2H3,(H,12,13). The fourth-order valence-corrected chi connectivity index (χ4v) is 1.49. The van der Waals surface area contributed by atoms with Crippen LogP contribution in [0, 0.1) is 0 Å². The molecule has 6 nitrogen and oxygen atoms in total. The molecule has 0 amide bonds. The van der Waals surface area contributed by atoms with Gasteiger partial charge in [-0.3, -0.25) is 9.59 Å². The van der Waals surface area contributed by atoms with E-state index in [-0.39, 0.29) is 25.6 Å². The first-order chi connectivity index (χ1) is 7.89. The molecule has 0 aromatic rings. The molecule has 0 saturated carbocycles. The summed E-state index contributed by atoms with van der Waals surface area (Å²) in [7, 11) is 0. The first-order valence-electron chi connectivity index (χ1n) is 5.58. The van der Waals surface area contributed by atoms with E-state index in [0.29, 0.717) is 13.0 Å². The van der Waals surface area contributed by atoms with Gasteiger partial charge in [0.05, 0.1) is 6.61 Å². The Bertz CT molecular complexity index is 286. The van der Waals surface area contributed by atoms with Gasteiger partial charge < -0.3 is 19.3 Å². The zero-order chi connectivity index (χ0) is 12.9. The molecule has 17 heavy (non-hydrogen) atoms. The van der Waals surface area contributed by atoms with Gasteiger partial charge >= 0.3 is 11.9 Å². The predicted molar refractivity (Wildman–Crippen MR) is 57.3 cm³/mol. The molecule has 98 valence electrons. The molecule has 0 aromatic heterocycles. The number of rotatable bonds is 6. The molecular weight excluding hydrogens is 228 g/mol. The van der Waals surface area contributed by atoms with E-state index >= 15 is 0 Å². The Morgan fingerprint density at radius 1 is 1.41 bits per heavy atom. The first-order valence-corrected chi connectivity index (χ1v) is 5.58. The second-order valence-corrected chi connectivity index (χ2v) is 4.38. The Morgan fingerprint density at radius 3 is 2.65 bits per heavy atom. The van der Waals surface area contributed by atoms with Gasteiger partial charge in [-0.05, 0) is 20.3 Å². The Hall–Kier alpha value is -1.14. The summed E-state index contributed by atoms with van der Waals surface area (Å²) >= 11 is 0. The number of carbonyl (C=O) groups excluding carboxylic acids is 1. The highest BCUT2D eigenvalue weighted by Gasteiger charge is 2.33. The molecule has 0 spiro atoms. The van der Waals surface area contributed by atoms with Gasteiger partial charge in [-0.15, -0.1) is 0 Å². The van der Waals surface area contributed by atoms with Crippen LogP contribution >= 0.6 is 0 Å². The summed E-state index contributed by atoms with van der Waals surface area (Å²) in [6.45, 7) is 4.13. The van der Waals surface area contributed by atoms with E-state index in [4.69, 9.17) is 19.3 Å². The van der Waals surface area contributed by atoms with Crippen molar-refractivity contribution in [2.24, 2.45) is 0 Å². The third-order valence-corrected chi connectivity index (χ3v) is 2.27. The van der Waals surface area contributed by atoms with Crippen molar-refractivity contribution in [3.63, 3.8) is 0 Å². The van der Waals surface area contributed by atoms with Crippen LogP contribution in [0.15, 0.2) is 0 Å². The van der Waals surface area contributed by atoms with Gasteiger partial charge in [0.1, 0.15) is 12.7 Å². The van der Waals surface area contributed by atoms with Crippen molar-refractivity contribution in [1.82, 2.24) is 0 Å². The molecule has 0 aromatic carbocycles. The maximum absolute atomic E-state index is 11.2. The second-order valence-electron chi connectivity index (χ2n) is 4.38. The minimum absolute atomic E-state index is 0.0226. The van der Waals surface area contributed by atoms with E-state index in [1.54, 1.807) is 13.8 Å². The fourth-order valence-electron chi connectivity index (χ4n) is 1.49. The van der Waals surface area contributed by atoms with E-state index in [0.717, 1.165) is 0 Å². The van der Waals surface area contributed by atoms with Gasteiger partial charge in [-0.25, -0.2) is 0 Å². The number of ether oxygens (including phenoxy) is 3. The molecule has 1 saturated heterocycles. The van der Waals surface area contributed by atoms with Crippen molar-refractivity contribution in [2.45, 2.75) is 45.0 Å². The molecule has 1 aliphatic rings. The highest BCUT2D eigenvalue weighted by atomic mass is 16.7. The summed E-state index contributed by atoms with van der Waals surface area (Å²) in [6, 6.07) is 0. The highest BCUT2D eigenvalue weighted by Crippen LogP contribution is 2.22. The van der Waals surface area contributed by atoms with Crippen LogP contribution in [-0.2, 0) is 23.8 Å². The summed E-state index contributed by atoms with van der Waals surface area (Å²) in [6.07, 6.45) is 0.143. The molecule has 1 atom stereocenters. The third kappa shape index (κ3) is 5.65. The lowest BCUT2D eigenvalue weighted by atomic mass is 10.2. The van der Waals surface area contributed by atoms with Crippen LogP contribution in [0.2, 0.25) is 0 Å². The lowest BCUT2D eigenvalue weighted by Crippen LogP contribution is -2.25. The molecule has 1 aliphatic heterocycles. The Kier molecular flexibility index (Phi) is 4.89. The number of carboxylic acids is 1. The molecule has 1 rings (SSSR count).